The molecule has 3 N–H and O–H groups in total. The SMILES string of the molecule is CCC(N)C(=O)NCCc1cc(F)cc(F)c1. The van der Waals surface area contributed by atoms with Gasteiger partial charge in [-0.25, -0.2) is 8.78 Å². The van der Waals surface area contributed by atoms with E-state index in [0.29, 0.717) is 24.9 Å². The molecule has 1 aromatic rings. The monoisotopic (exact) mass is 242 g/mol. The minimum Gasteiger partial charge on any atom is -0.354 e. The second-order valence-electron chi connectivity index (χ2n) is 3.83. The minimum absolute atomic E-state index is 0.246. The van der Waals surface area contributed by atoms with E-state index in [2.05, 4.69) is 5.32 Å². The summed E-state index contributed by atoms with van der Waals surface area (Å²) in [6.45, 7) is 2.13. The molecule has 0 aromatic heterocycles. The lowest BCUT2D eigenvalue weighted by Crippen LogP contribution is -2.40. The van der Waals surface area contributed by atoms with Crippen LogP contribution in [0.25, 0.3) is 0 Å². The number of benzene rings is 1. The van der Waals surface area contributed by atoms with E-state index in [0.717, 1.165) is 6.07 Å². The number of amides is 1. The summed E-state index contributed by atoms with van der Waals surface area (Å²) in [5, 5.41) is 2.61. The molecule has 0 aliphatic carbocycles. The summed E-state index contributed by atoms with van der Waals surface area (Å²) in [4.78, 5) is 11.3. The van der Waals surface area contributed by atoms with Crippen LogP contribution in [0.1, 0.15) is 18.9 Å². The maximum atomic E-state index is 12.8. The van der Waals surface area contributed by atoms with Gasteiger partial charge in [0.15, 0.2) is 0 Å². The Kier molecular flexibility index (Phi) is 5.03. The molecule has 0 heterocycles. The molecule has 1 amide bonds. The highest BCUT2D eigenvalue weighted by Gasteiger charge is 2.09. The van der Waals surface area contributed by atoms with Crippen LogP contribution < -0.4 is 11.1 Å². The molecule has 0 saturated heterocycles. The van der Waals surface area contributed by atoms with E-state index < -0.39 is 17.7 Å². The molecule has 0 saturated carbocycles. The highest BCUT2D eigenvalue weighted by Crippen LogP contribution is 2.08. The van der Waals surface area contributed by atoms with Gasteiger partial charge in [0, 0.05) is 12.6 Å². The zero-order chi connectivity index (χ0) is 12.8. The summed E-state index contributed by atoms with van der Waals surface area (Å²) in [7, 11) is 0. The lowest BCUT2D eigenvalue weighted by Gasteiger charge is -2.09. The van der Waals surface area contributed by atoms with Crippen LogP contribution in [-0.2, 0) is 11.2 Å². The highest BCUT2D eigenvalue weighted by atomic mass is 19.1. The quantitative estimate of drug-likeness (QED) is 0.819. The van der Waals surface area contributed by atoms with Crippen molar-refractivity contribution in [2.75, 3.05) is 6.54 Å². The van der Waals surface area contributed by atoms with Crippen LogP contribution in [0.3, 0.4) is 0 Å². The molecule has 0 bridgehead atoms. The molecule has 1 aromatic carbocycles. The minimum atomic E-state index is -0.614. The van der Waals surface area contributed by atoms with Crippen molar-refractivity contribution in [1.29, 1.82) is 0 Å². The molecule has 17 heavy (non-hydrogen) atoms. The van der Waals surface area contributed by atoms with Crippen molar-refractivity contribution in [2.24, 2.45) is 5.73 Å². The van der Waals surface area contributed by atoms with Crippen molar-refractivity contribution in [2.45, 2.75) is 25.8 Å². The van der Waals surface area contributed by atoms with Crippen LogP contribution in [0.4, 0.5) is 8.78 Å². The van der Waals surface area contributed by atoms with Crippen LogP contribution in [0.2, 0.25) is 0 Å². The summed E-state index contributed by atoms with van der Waals surface area (Å²) >= 11 is 0. The van der Waals surface area contributed by atoms with Crippen molar-refractivity contribution in [3.8, 4) is 0 Å². The third kappa shape index (κ3) is 4.48. The van der Waals surface area contributed by atoms with Gasteiger partial charge in [-0.3, -0.25) is 4.79 Å². The van der Waals surface area contributed by atoms with Crippen LogP contribution in [0.15, 0.2) is 18.2 Å². The number of halogens is 2. The molecule has 3 nitrogen and oxygen atoms in total. The number of carbonyl (C=O) groups excluding carboxylic acids is 1. The van der Waals surface area contributed by atoms with Gasteiger partial charge in [-0.1, -0.05) is 6.92 Å². The van der Waals surface area contributed by atoms with Crippen LogP contribution in [0, 0.1) is 11.6 Å². The molecule has 1 atom stereocenters. The van der Waals surface area contributed by atoms with Gasteiger partial charge in [0.2, 0.25) is 5.91 Å². The van der Waals surface area contributed by atoms with Gasteiger partial charge in [0.25, 0.3) is 0 Å². The Morgan fingerprint density at radius 3 is 2.47 bits per heavy atom. The second kappa shape index (κ2) is 6.30. The average molecular weight is 242 g/mol. The summed E-state index contributed by atoms with van der Waals surface area (Å²) in [6.07, 6.45) is 0.928. The molecule has 0 aliphatic heterocycles. The lowest BCUT2D eigenvalue weighted by atomic mass is 10.1. The van der Waals surface area contributed by atoms with Crippen molar-refractivity contribution in [1.82, 2.24) is 5.32 Å². The van der Waals surface area contributed by atoms with Gasteiger partial charge in [-0.15, -0.1) is 0 Å². The third-order valence-corrected chi connectivity index (χ3v) is 2.41. The van der Waals surface area contributed by atoms with Crippen molar-refractivity contribution >= 4 is 5.91 Å². The Bertz CT molecular complexity index is 376. The molecular weight excluding hydrogens is 226 g/mol. The number of rotatable bonds is 5. The molecule has 0 radical (unpaired) electrons. The maximum Gasteiger partial charge on any atom is 0.236 e. The fourth-order valence-corrected chi connectivity index (χ4v) is 1.40. The number of nitrogens with one attached hydrogen (secondary N) is 1. The average Bonchev–Trinajstić information content (AvgIpc) is 2.26. The Morgan fingerprint density at radius 2 is 1.94 bits per heavy atom. The summed E-state index contributed by atoms with van der Waals surface area (Å²) in [5.74, 6) is -1.47. The van der Waals surface area contributed by atoms with Gasteiger partial charge in [-0.2, -0.15) is 0 Å². The van der Waals surface area contributed by atoms with E-state index in [4.69, 9.17) is 5.73 Å². The first-order valence-corrected chi connectivity index (χ1v) is 5.51. The maximum absolute atomic E-state index is 12.8. The fraction of sp³-hybridized carbons (Fsp3) is 0.417. The van der Waals surface area contributed by atoms with Crippen molar-refractivity contribution in [3.05, 3.63) is 35.4 Å². The molecule has 0 spiro atoms. The number of hydrogen-bond donors (Lipinski definition) is 2. The molecule has 5 heteroatoms. The Hall–Kier alpha value is -1.49. The van der Waals surface area contributed by atoms with Crippen LogP contribution in [-0.4, -0.2) is 18.5 Å². The topological polar surface area (TPSA) is 55.1 Å². The van der Waals surface area contributed by atoms with E-state index in [1.165, 1.54) is 12.1 Å². The molecule has 0 fully saturated rings. The largest absolute Gasteiger partial charge is 0.354 e. The van der Waals surface area contributed by atoms with Gasteiger partial charge in [0.05, 0.1) is 6.04 Å². The summed E-state index contributed by atoms with van der Waals surface area (Å²) in [6, 6.07) is 2.78. The zero-order valence-electron chi connectivity index (χ0n) is 9.67. The number of nitrogens with two attached hydrogens (primary N) is 1. The van der Waals surface area contributed by atoms with E-state index in [1.807, 2.05) is 6.92 Å². The Morgan fingerprint density at radius 1 is 1.35 bits per heavy atom. The second-order valence-corrected chi connectivity index (χ2v) is 3.83. The van der Waals surface area contributed by atoms with E-state index in [1.54, 1.807) is 0 Å². The van der Waals surface area contributed by atoms with Crippen molar-refractivity contribution < 1.29 is 13.6 Å². The first kappa shape index (κ1) is 13.6. The van der Waals surface area contributed by atoms with Crippen molar-refractivity contribution in [3.63, 3.8) is 0 Å². The number of carbonyl (C=O) groups is 1. The summed E-state index contributed by atoms with van der Waals surface area (Å²) in [5.41, 5.74) is 6.02. The Balaban J connectivity index is 2.43. The van der Waals surface area contributed by atoms with Gasteiger partial charge in [0.1, 0.15) is 11.6 Å². The Labute approximate surface area is 99.0 Å². The predicted molar refractivity (Wildman–Crippen MR) is 61.3 cm³/mol. The normalized spacial score (nSPS) is 12.2. The van der Waals surface area contributed by atoms with Gasteiger partial charge >= 0.3 is 0 Å². The first-order chi connectivity index (χ1) is 8.02. The molecule has 94 valence electrons. The third-order valence-electron chi connectivity index (χ3n) is 2.41. The van der Waals surface area contributed by atoms with E-state index in [-0.39, 0.29) is 5.91 Å². The molecule has 1 rings (SSSR count). The first-order valence-electron chi connectivity index (χ1n) is 5.51. The smallest absolute Gasteiger partial charge is 0.236 e. The van der Waals surface area contributed by atoms with Crippen LogP contribution >= 0.6 is 0 Å². The standard InChI is InChI=1S/C12H16F2N2O/c1-2-11(15)12(17)16-4-3-8-5-9(13)7-10(14)6-8/h5-7,11H,2-4,15H2,1H3,(H,16,17). The van der Waals surface area contributed by atoms with Gasteiger partial charge < -0.3 is 11.1 Å². The number of hydrogen-bond acceptors (Lipinski definition) is 2. The molecule has 1 unspecified atom stereocenters. The zero-order valence-corrected chi connectivity index (χ0v) is 9.67. The van der Waals surface area contributed by atoms with E-state index >= 15 is 0 Å². The summed E-state index contributed by atoms with van der Waals surface area (Å²) < 4.78 is 25.7. The molecular formula is C12H16F2N2O. The fourth-order valence-electron chi connectivity index (χ4n) is 1.40. The predicted octanol–water partition coefficient (Wildman–Crippen LogP) is 1.36. The highest BCUT2D eigenvalue weighted by molar-refractivity contribution is 5.81. The molecule has 0 aliphatic rings. The lowest BCUT2D eigenvalue weighted by molar-refractivity contribution is -0.122. The van der Waals surface area contributed by atoms with E-state index in [9.17, 15) is 13.6 Å². The van der Waals surface area contributed by atoms with Crippen LogP contribution in [0.5, 0.6) is 0 Å². The van der Waals surface area contributed by atoms with Gasteiger partial charge in [-0.05, 0) is 30.5 Å².